The van der Waals surface area contributed by atoms with Crippen LogP contribution in [0.4, 0.5) is 5.00 Å². The minimum absolute atomic E-state index is 0.0229. The van der Waals surface area contributed by atoms with Gasteiger partial charge >= 0.3 is 0 Å². The summed E-state index contributed by atoms with van der Waals surface area (Å²) in [6.07, 6.45) is 4.08. The third-order valence-corrected chi connectivity index (χ3v) is 6.50. The SMILES string of the molecule is O=C(Nc1sc2c(c1C(=O)c1ccc(Br)cc1)CCCC2)c1ccccc1. The van der Waals surface area contributed by atoms with Crippen LogP contribution >= 0.6 is 27.3 Å². The number of benzene rings is 2. The van der Waals surface area contributed by atoms with E-state index in [1.165, 1.54) is 4.88 Å². The highest BCUT2D eigenvalue weighted by Crippen LogP contribution is 2.39. The summed E-state index contributed by atoms with van der Waals surface area (Å²) >= 11 is 4.96. The zero-order valence-electron chi connectivity index (χ0n) is 14.6. The van der Waals surface area contributed by atoms with Gasteiger partial charge in [0.25, 0.3) is 5.91 Å². The Morgan fingerprint density at radius 2 is 1.59 bits per heavy atom. The smallest absolute Gasteiger partial charge is 0.256 e. The molecule has 0 saturated carbocycles. The highest BCUT2D eigenvalue weighted by Gasteiger charge is 2.27. The van der Waals surface area contributed by atoms with Crippen molar-refractivity contribution in [3.63, 3.8) is 0 Å². The number of thiophene rings is 1. The number of fused-ring (bicyclic) bond motifs is 1. The summed E-state index contributed by atoms with van der Waals surface area (Å²) in [4.78, 5) is 27.2. The van der Waals surface area contributed by atoms with Crippen molar-refractivity contribution in [2.45, 2.75) is 25.7 Å². The van der Waals surface area contributed by atoms with Gasteiger partial charge in [-0.05, 0) is 67.6 Å². The van der Waals surface area contributed by atoms with Crippen molar-refractivity contribution >= 4 is 44.0 Å². The van der Waals surface area contributed by atoms with Gasteiger partial charge in [-0.3, -0.25) is 9.59 Å². The van der Waals surface area contributed by atoms with Crippen molar-refractivity contribution in [3.8, 4) is 0 Å². The summed E-state index contributed by atoms with van der Waals surface area (Å²) in [5, 5.41) is 3.67. The van der Waals surface area contributed by atoms with Gasteiger partial charge in [0.05, 0.1) is 5.56 Å². The average molecular weight is 440 g/mol. The molecule has 0 atom stereocenters. The van der Waals surface area contributed by atoms with Crippen molar-refractivity contribution in [2.75, 3.05) is 5.32 Å². The lowest BCUT2D eigenvalue weighted by molar-refractivity contribution is 0.102. The Morgan fingerprint density at radius 1 is 0.889 bits per heavy atom. The van der Waals surface area contributed by atoms with Gasteiger partial charge in [-0.15, -0.1) is 11.3 Å². The van der Waals surface area contributed by atoms with Crippen LogP contribution in [0.1, 0.15) is 49.6 Å². The van der Waals surface area contributed by atoms with Crippen molar-refractivity contribution in [1.82, 2.24) is 0 Å². The molecule has 0 bridgehead atoms. The van der Waals surface area contributed by atoms with E-state index in [0.29, 0.717) is 21.7 Å². The Kier molecular flexibility index (Phi) is 5.23. The lowest BCUT2D eigenvalue weighted by Crippen LogP contribution is -2.14. The molecule has 136 valence electrons. The maximum atomic E-state index is 13.3. The van der Waals surface area contributed by atoms with Crippen LogP contribution in [0, 0.1) is 0 Å². The predicted molar refractivity (Wildman–Crippen MR) is 113 cm³/mol. The van der Waals surface area contributed by atoms with Crippen molar-refractivity contribution in [3.05, 3.63) is 86.2 Å². The predicted octanol–water partition coefficient (Wildman–Crippen LogP) is 5.87. The highest BCUT2D eigenvalue weighted by molar-refractivity contribution is 9.10. The van der Waals surface area contributed by atoms with Gasteiger partial charge in [-0.1, -0.05) is 34.1 Å². The number of rotatable bonds is 4. The second-order valence-corrected chi connectivity index (χ2v) is 8.59. The normalized spacial score (nSPS) is 13.1. The second kappa shape index (κ2) is 7.79. The van der Waals surface area contributed by atoms with E-state index in [0.717, 1.165) is 35.7 Å². The van der Waals surface area contributed by atoms with E-state index in [1.807, 2.05) is 42.5 Å². The summed E-state index contributed by atoms with van der Waals surface area (Å²) in [7, 11) is 0. The van der Waals surface area contributed by atoms with Gasteiger partial charge in [0.15, 0.2) is 5.78 Å². The van der Waals surface area contributed by atoms with Crippen LogP contribution in [0.15, 0.2) is 59.1 Å². The standard InChI is InChI=1S/C22H18BrNO2S/c23-16-12-10-14(11-13-16)20(25)19-17-8-4-5-9-18(17)27-22(19)24-21(26)15-6-2-1-3-7-15/h1-3,6-7,10-13H,4-5,8-9H2,(H,24,26). The Labute approximate surface area is 170 Å². The molecule has 1 amide bonds. The number of aryl methyl sites for hydroxylation is 1. The number of halogens is 1. The molecule has 3 aromatic rings. The number of nitrogens with one attached hydrogen (secondary N) is 1. The highest BCUT2D eigenvalue weighted by atomic mass is 79.9. The lowest BCUT2D eigenvalue weighted by Gasteiger charge is -2.13. The fourth-order valence-corrected chi connectivity index (χ4v) is 4.95. The molecule has 0 aliphatic heterocycles. The fraction of sp³-hybridized carbons (Fsp3) is 0.182. The molecule has 2 aromatic carbocycles. The summed E-state index contributed by atoms with van der Waals surface area (Å²) in [5.41, 5.74) is 3.01. The van der Waals surface area contributed by atoms with Gasteiger partial charge in [0, 0.05) is 20.5 Å². The van der Waals surface area contributed by atoms with E-state index in [2.05, 4.69) is 21.2 Å². The van der Waals surface area contributed by atoms with Crippen molar-refractivity contribution < 1.29 is 9.59 Å². The summed E-state index contributed by atoms with van der Waals surface area (Å²) in [5.74, 6) is -0.204. The molecule has 0 unspecified atom stereocenters. The Balaban J connectivity index is 1.73. The van der Waals surface area contributed by atoms with Gasteiger partial charge in [-0.25, -0.2) is 0 Å². The summed E-state index contributed by atoms with van der Waals surface area (Å²) in [6.45, 7) is 0. The minimum atomic E-state index is -0.181. The molecule has 0 spiro atoms. The van der Waals surface area contributed by atoms with Gasteiger partial charge < -0.3 is 5.32 Å². The number of carbonyl (C=O) groups excluding carboxylic acids is 2. The molecule has 3 nitrogen and oxygen atoms in total. The number of hydrogen-bond acceptors (Lipinski definition) is 3. The fourth-order valence-electron chi connectivity index (χ4n) is 3.40. The number of ketones is 1. The molecule has 0 saturated heterocycles. The quantitative estimate of drug-likeness (QED) is 0.516. The molecule has 0 radical (unpaired) electrons. The topological polar surface area (TPSA) is 46.2 Å². The zero-order valence-corrected chi connectivity index (χ0v) is 17.0. The average Bonchev–Trinajstić information content (AvgIpc) is 3.06. The number of amides is 1. The van der Waals surface area contributed by atoms with E-state index in [1.54, 1.807) is 23.5 Å². The molecule has 4 rings (SSSR count). The van der Waals surface area contributed by atoms with Crippen LogP contribution in [0.2, 0.25) is 0 Å². The van der Waals surface area contributed by atoms with Crippen LogP contribution in [-0.2, 0) is 12.8 Å². The molecule has 1 aliphatic rings. The second-order valence-electron chi connectivity index (χ2n) is 6.57. The molecule has 27 heavy (non-hydrogen) atoms. The Hall–Kier alpha value is -2.24. The first-order chi connectivity index (χ1) is 13.1. The first kappa shape index (κ1) is 18.1. The van der Waals surface area contributed by atoms with Crippen LogP contribution in [-0.4, -0.2) is 11.7 Å². The number of hydrogen-bond donors (Lipinski definition) is 1. The van der Waals surface area contributed by atoms with E-state index >= 15 is 0 Å². The summed E-state index contributed by atoms with van der Waals surface area (Å²) < 4.78 is 0.934. The number of anilines is 1. The van der Waals surface area contributed by atoms with Crippen LogP contribution < -0.4 is 5.32 Å². The van der Waals surface area contributed by atoms with Crippen LogP contribution in [0.25, 0.3) is 0 Å². The third-order valence-electron chi connectivity index (χ3n) is 4.77. The maximum Gasteiger partial charge on any atom is 0.256 e. The van der Waals surface area contributed by atoms with E-state index < -0.39 is 0 Å². The monoisotopic (exact) mass is 439 g/mol. The molecular formula is C22H18BrNO2S. The zero-order chi connectivity index (χ0) is 18.8. The van der Waals surface area contributed by atoms with Gasteiger partial charge in [0.2, 0.25) is 0 Å². The number of carbonyl (C=O) groups is 2. The molecule has 1 aromatic heterocycles. The van der Waals surface area contributed by atoms with E-state index in [4.69, 9.17) is 0 Å². The van der Waals surface area contributed by atoms with Crippen molar-refractivity contribution in [1.29, 1.82) is 0 Å². The van der Waals surface area contributed by atoms with Crippen LogP contribution in [0.3, 0.4) is 0 Å². The molecular weight excluding hydrogens is 422 g/mol. The Bertz CT molecular complexity index is 993. The van der Waals surface area contributed by atoms with E-state index in [-0.39, 0.29) is 11.7 Å². The summed E-state index contributed by atoms with van der Waals surface area (Å²) in [6, 6.07) is 16.5. The minimum Gasteiger partial charge on any atom is -0.313 e. The molecule has 1 N–H and O–H groups in total. The molecule has 5 heteroatoms. The van der Waals surface area contributed by atoms with Crippen LogP contribution in [0.5, 0.6) is 0 Å². The molecule has 1 aliphatic carbocycles. The first-order valence-electron chi connectivity index (χ1n) is 8.94. The third kappa shape index (κ3) is 3.75. The lowest BCUT2D eigenvalue weighted by atomic mass is 9.92. The molecule has 0 fully saturated rings. The largest absolute Gasteiger partial charge is 0.313 e. The van der Waals surface area contributed by atoms with Gasteiger partial charge in [-0.2, -0.15) is 0 Å². The Morgan fingerprint density at radius 3 is 2.33 bits per heavy atom. The van der Waals surface area contributed by atoms with E-state index in [9.17, 15) is 9.59 Å². The first-order valence-corrected chi connectivity index (χ1v) is 10.6. The maximum absolute atomic E-state index is 13.3. The van der Waals surface area contributed by atoms with Crippen molar-refractivity contribution in [2.24, 2.45) is 0 Å². The molecule has 1 heterocycles. The van der Waals surface area contributed by atoms with Gasteiger partial charge in [0.1, 0.15) is 5.00 Å².